The van der Waals surface area contributed by atoms with Crippen LogP contribution in [0.3, 0.4) is 0 Å². The molecule has 0 fully saturated rings. The van der Waals surface area contributed by atoms with E-state index in [-0.39, 0.29) is 0 Å². The molecule has 0 saturated heterocycles. The van der Waals surface area contributed by atoms with Crippen LogP contribution in [0.4, 0.5) is 0 Å². The first-order valence-corrected chi connectivity index (χ1v) is 21.7. The minimum Gasteiger partial charge on any atom is -0.309 e. The second-order valence-electron chi connectivity index (χ2n) is 16.5. The zero-order valence-corrected chi connectivity index (χ0v) is 34.6. The van der Waals surface area contributed by atoms with E-state index in [1.54, 1.807) is 0 Å². The van der Waals surface area contributed by atoms with E-state index in [9.17, 15) is 0 Å². The van der Waals surface area contributed by atoms with Gasteiger partial charge >= 0.3 is 0 Å². The van der Waals surface area contributed by atoms with Gasteiger partial charge in [-0.15, -0.1) is 0 Å². The summed E-state index contributed by atoms with van der Waals surface area (Å²) >= 11 is 0. The topological polar surface area (TPSA) is 30.7 Å². The fourth-order valence-electron chi connectivity index (χ4n) is 9.71. The molecule has 11 aromatic rings. The first kappa shape index (κ1) is 36.7. The van der Waals surface area contributed by atoms with Crippen molar-refractivity contribution in [2.45, 2.75) is 12.3 Å². The SMILES string of the molecule is c1ccc(CC2c3ccccc3-c3cc(-c4cccc(-n5c6ccccc6c6cc(-c7ccc(-c8cc(-c9ccccc9)nc(-c9ccccc9)n8)cc7)ccc65)c4)ccc32)cc1. The molecule has 9 aromatic carbocycles. The molecule has 63 heavy (non-hydrogen) atoms. The van der Waals surface area contributed by atoms with E-state index >= 15 is 0 Å². The van der Waals surface area contributed by atoms with Gasteiger partial charge in [0.2, 0.25) is 0 Å². The maximum absolute atomic E-state index is 5.06. The van der Waals surface area contributed by atoms with Gasteiger partial charge in [0.25, 0.3) is 0 Å². The lowest BCUT2D eigenvalue weighted by Crippen LogP contribution is -2.01. The normalized spacial score (nSPS) is 13.0. The molecule has 296 valence electrons. The molecule has 0 radical (unpaired) electrons. The molecule has 3 nitrogen and oxygen atoms in total. The average Bonchev–Trinajstić information content (AvgIpc) is 3.86. The molecule has 1 unspecified atom stereocenters. The molecular weight excluding hydrogens is 763 g/mol. The zero-order valence-electron chi connectivity index (χ0n) is 34.6. The largest absolute Gasteiger partial charge is 0.309 e. The number of nitrogens with zero attached hydrogens (tertiary/aromatic N) is 3. The Balaban J connectivity index is 0.891. The molecule has 2 heterocycles. The average molecular weight is 804 g/mol. The molecule has 0 amide bonds. The van der Waals surface area contributed by atoms with Crippen molar-refractivity contribution in [3.63, 3.8) is 0 Å². The van der Waals surface area contributed by atoms with E-state index in [4.69, 9.17) is 9.97 Å². The van der Waals surface area contributed by atoms with Crippen LogP contribution in [0.5, 0.6) is 0 Å². The van der Waals surface area contributed by atoms with Crippen LogP contribution in [0.25, 0.3) is 94.8 Å². The molecule has 0 aliphatic heterocycles. The summed E-state index contributed by atoms with van der Waals surface area (Å²) in [6.45, 7) is 0. The number of hydrogen-bond acceptors (Lipinski definition) is 2. The lowest BCUT2D eigenvalue weighted by Gasteiger charge is -2.15. The molecule has 12 rings (SSSR count). The second kappa shape index (κ2) is 15.4. The summed E-state index contributed by atoms with van der Waals surface area (Å²) in [7, 11) is 0. The standard InChI is InChI=1S/C60H41N3/c1-4-15-40(16-5-1)35-53-49-23-10-11-24-50(49)54-37-47(31-33-51(53)54)45-21-14-22-48(36-45)63-58-26-13-12-25-52(58)55-38-46(32-34-59(55)63)41-27-29-43(30-28-41)57-39-56(42-17-6-2-7-18-42)61-60(62-57)44-19-8-3-9-20-44/h1-34,36-39,53H,35H2. The van der Waals surface area contributed by atoms with Crippen LogP contribution in [0.15, 0.2) is 231 Å². The highest BCUT2D eigenvalue weighted by molar-refractivity contribution is 6.10. The molecular formula is C60H41N3. The van der Waals surface area contributed by atoms with Gasteiger partial charge in [0.1, 0.15) is 0 Å². The predicted molar refractivity (Wildman–Crippen MR) is 261 cm³/mol. The van der Waals surface area contributed by atoms with Crippen molar-refractivity contribution in [2.24, 2.45) is 0 Å². The Bertz CT molecular complexity index is 3400. The number of benzene rings is 9. The lowest BCUT2D eigenvalue weighted by atomic mass is 9.89. The Kier molecular flexibility index (Phi) is 8.97. The molecule has 2 aromatic heterocycles. The van der Waals surface area contributed by atoms with Gasteiger partial charge in [-0.2, -0.15) is 0 Å². The molecule has 1 aliphatic carbocycles. The Hall–Kier alpha value is -8.14. The maximum atomic E-state index is 5.06. The van der Waals surface area contributed by atoms with Crippen LogP contribution in [-0.4, -0.2) is 14.5 Å². The van der Waals surface area contributed by atoms with Gasteiger partial charge in [-0.25, -0.2) is 9.97 Å². The third-order valence-electron chi connectivity index (χ3n) is 12.8. The summed E-state index contributed by atoms with van der Waals surface area (Å²) in [4.78, 5) is 10.0. The Labute approximate surface area is 367 Å². The van der Waals surface area contributed by atoms with Gasteiger partial charge in [0.05, 0.1) is 22.4 Å². The number of rotatable bonds is 8. The van der Waals surface area contributed by atoms with Crippen molar-refractivity contribution in [3.8, 4) is 73.0 Å². The van der Waals surface area contributed by atoms with E-state index in [0.717, 1.165) is 45.7 Å². The van der Waals surface area contributed by atoms with Crippen LogP contribution in [0, 0.1) is 0 Å². The van der Waals surface area contributed by atoms with E-state index < -0.39 is 0 Å². The molecule has 0 saturated carbocycles. The fourth-order valence-corrected chi connectivity index (χ4v) is 9.71. The fraction of sp³-hybridized carbons (Fsp3) is 0.0333. The molecule has 1 aliphatic rings. The van der Waals surface area contributed by atoms with Crippen LogP contribution in [0.1, 0.15) is 22.6 Å². The van der Waals surface area contributed by atoms with Gasteiger partial charge in [-0.3, -0.25) is 0 Å². The van der Waals surface area contributed by atoms with Gasteiger partial charge in [0, 0.05) is 39.1 Å². The quantitative estimate of drug-likeness (QED) is 0.153. The number of fused-ring (bicyclic) bond motifs is 6. The predicted octanol–water partition coefficient (Wildman–Crippen LogP) is 15.3. The third-order valence-corrected chi connectivity index (χ3v) is 12.8. The van der Waals surface area contributed by atoms with Crippen molar-refractivity contribution in [1.29, 1.82) is 0 Å². The summed E-state index contributed by atoms with van der Waals surface area (Å²) < 4.78 is 2.42. The number of para-hydroxylation sites is 1. The Morgan fingerprint density at radius 3 is 1.70 bits per heavy atom. The van der Waals surface area contributed by atoms with Crippen LogP contribution in [-0.2, 0) is 6.42 Å². The van der Waals surface area contributed by atoms with Crippen molar-refractivity contribution < 1.29 is 0 Å². The van der Waals surface area contributed by atoms with Crippen molar-refractivity contribution in [1.82, 2.24) is 14.5 Å². The molecule has 0 N–H and O–H groups in total. The van der Waals surface area contributed by atoms with Gasteiger partial charge in [-0.1, -0.05) is 188 Å². The van der Waals surface area contributed by atoms with Crippen molar-refractivity contribution in [3.05, 3.63) is 247 Å². The van der Waals surface area contributed by atoms with Crippen molar-refractivity contribution >= 4 is 21.8 Å². The molecule has 0 spiro atoms. The minimum atomic E-state index is 0.346. The number of hydrogen-bond donors (Lipinski definition) is 0. The first-order valence-electron chi connectivity index (χ1n) is 21.7. The van der Waals surface area contributed by atoms with E-state index in [0.29, 0.717) is 11.7 Å². The highest BCUT2D eigenvalue weighted by Gasteiger charge is 2.29. The molecule has 0 bridgehead atoms. The molecule has 3 heteroatoms. The minimum absolute atomic E-state index is 0.346. The van der Waals surface area contributed by atoms with Gasteiger partial charge in [-0.05, 0) is 99.0 Å². The summed E-state index contributed by atoms with van der Waals surface area (Å²) in [5.74, 6) is 1.06. The Morgan fingerprint density at radius 1 is 0.349 bits per heavy atom. The van der Waals surface area contributed by atoms with Crippen LogP contribution >= 0.6 is 0 Å². The highest BCUT2D eigenvalue weighted by Crippen LogP contribution is 2.48. The summed E-state index contributed by atoms with van der Waals surface area (Å²) in [5.41, 5.74) is 20.1. The monoisotopic (exact) mass is 803 g/mol. The maximum Gasteiger partial charge on any atom is 0.160 e. The lowest BCUT2D eigenvalue weighted by molar-refractivity contribution is 0.827. The zero-order chi connectivity index (χ0) is 41.7. The second-order valence-corrected chi connectivity index (χ2v) is 16.5. The Morgan fingerprint density at radius 2 is 0.905 bits per heavy atom. The third kappa shape index (κ3) is 6.63. The van der Waals surface area contributed by atoms with Crippen LogP contribution < -0.4 is 0 Å². The summed E-state index contributed by atoms with van der Waals surface area (Å²) in [6.07, 6.45) is 0.996. The number of aromatic nitrogens is 3. The van der Waals surface area contributed by atoms with Crippen molar-refractivity contribution in [2.75, 3.05) is 0 Å². The van der Waals surface area contributed by atoms with E-state index in [2.05, 4.69) is 211 Å². The summed E-state index contributed by atoms with van der Waals surface area (Å²) in [5, 5.41) is 2.46. The van der Waals surface area contributed by atoms with Gasteiger partial charge in [0.15, 0.2) is 5.82 Å². The van der Waals surface area contributed by atoms with Gasteiger partial charge < -0.3 is 4.57 Å². The van der Waals surface area contributed by atoms with Crippen LogP contribution in [0.2, 0.25) is 0 Å². The smallest absolute Gasteiger partial charge is 0.160 e. The van der Waals surface area contributed by atoms with E-state index in [1.807, 2.05) is 24.3 Å². The summed E-state index contributed by atoms with van der Waals surface area (Å²) in [6, 6.07) is 83.1. The first-order chi connectivity index (χ1) is 31.2. The molecule has 1 atom stereocenters. The van der Waals surface area contributed by atoms with E-state index in [1.165, 1.54) is 66.3 Å². The highest BCUT2D eigenvalue weighted by atomic mass is 15.0.